The van der Waals surface area contributed by atoms with Gasteiger partial charge in [-0.2, -0.15) is 0 Å². The maximum atomic E-state index is 11.5. The number of benzene rings is 1. The van der Waals surface area contributed by atoms with E-state index in [2.05, 4.69) is 34.6 Å². The molecule has 39 heavy (non-hydrogen) atoms. The molecule has 1 aliphatic heterocycles. The van der Waals surface area contributed by atoms with Gasteiger partial charge in [0, 0.05) is 12.1 Å². The summed E-state index contributed by atoms with van der Waals surface area (Å²) in [4.78, 5) is 18.7. The van der Waals surface area contributed by atoms with Gasteiger partial charge >= 0.3 is 7.82 Å². The lowest BCUT2D eigenvalue weighted by atomic mass is 9.84. The molecule has 3 unspecified atom stereocenters. The Morgan fingerprint density at radius 2 is 1.44 bits per heavy atom. The highest BCUT2D eigenvalue weighted by Gasteiger charge is 2.35. The van der Waals surface area contributed by atoms with Gasteiger partial charge in [-0.1, -0.05) is 72.6 Å². The van der Waals surface area contributed by atoms with Crippen LogP contribution < -0.4 is 15.0 Å². The van der Waals surface area contributed by atoms with Crippen LogP contribution in [0.4, 0.5) is 0 Å². The molecule has 228 valence electrons. The topological polar surface area (TPSA) is 122 Å². The Morgan fingerprint density at radius 3 is 1.92 bits per heavy atom. The van der Waals surface area contributed by atoms with Crippen LogP contribution in [0, 0.1) is 38.5 Å². The summed E-state index contributed by atoms with van der Waals surface area (Å²) in [5, 5.41) is 7.75. The van der Waals surface area contributed by atoms with Gasteiger partial charge in [0.1, 0.15) is 17.1 Å². The summed E-state index contributed by atoms with van der Waals surface area (Å²) in [6, 6.07) is 0. The molecule has 0 bridgehead atoms. The maximum absolute atomic E-state index is 11.5. The fraction of sp³-hybridized carbons (Fsp3) is 0.806. The van der Waals surface area contributed by atoms with Crippen LogP contribution in [0.2, 0.25) is 0 Å². The quantitative estimate of drug-likeness (QED) is 0.160. The van der Waals surface area contributed by atoms with Crippen molar-refractivity contribution in [3.8, 4) is 11.5 Å². The molecule has 3 atom stereocenters. The molecule has 0 radical (unpaired) electrons. The molecule has 0 saturated carbocycles. The lowest BCUT2D eigenvalue weighted by Crippen LogP contribution is -2.37. The van der Waals surface area contributed by atoms with Crippen molar-refractivity contribution in [2.45, 2.75) is 132 Å². The summed E-state index contributed by atoms with van der Waals surface area (Å²) >= 11 is 0. The van der Waals surface area contributed by atoms with E-state index in [-0.39, 0.29) is 12.2 Å². The number of aliphatic hydroxyl groups excluding tert-OH is 1. The number of hydrogen-bond acceptors (Lipinski definition) is 5. The molecule has 0 aromatic heterocycles. The van der Waals surface area contributed by atoms with E-state index in [9.17, 15) is 14.4 Å². The molecule has 1 aromatic rings. The van der Waals surface area contributed by atoms with Gasteiger partial charge in [-0.05, 0) is 87.8 Å². The van der Waals surface area contributed by atoms with Crippen molar-refractivity contribution in [2.24, 2.45) is 23.5 Å². The van der Waals surface area contributed by atoms with Crippen molar-refractivity contribution in [3.63, 3.8) is 0 Å². The monoisotopic (exact) mass is 571 g/mol. The number of phosphoric acid groups is 1. The summed E-state index contributed by atoms with van der Waals surface area (Å²) in [6.45, 7) is 17.8. The lowest BCUT2D eigenvalue weighted by molar-refractivity contribution is 0.0512. The Hall–Kier alpha value is -1.11. The Balaban J connectivity index is 0.00000177. The highest BCUT2D eigenvalue weighted by Crippen LogP contribution is 2.48. The molecule has 2 rings (SSSR count). The fourth-order valence-electron chi connectivity index (χ4n) is 5.52. The predicted molar refractivity (Wildman–Crippen MR) is 162 cm³/mol. The van der Waals surface area contributed by atoms with Crippen LogP contribution in [0.5, 0.6) is 11.5 Å². The first-order valence-electron chi connectivity index (χ1n) is 15.0. The minimum atomic E-state index is -4.61. The average molecular weight is 572 g/mol. The number of fused-ring (bicyclic) bond motifs is 1. The summed E-state index contributed by atoms with van der Waals surface area (Å²) in [6.07, 6.45) is 13.3. The Kier molecular flexibility index (Phi) is 15.6. The van der Waals surface area contributed by atoms with Crippen LogP contribution in [0.25, 0.3) is 0 Å². The Morgan fingerprint density at radius 1 is 0.923 bits per heavy atom. The van der Waals surface area contributed by atoms with E-state index in [1.165, 1.54) is 44.9 Å². The third-order valence-electron chi connectivity index (χ3n) is 8.18. The van der Waals surface area contributed by atoms with Crippen molar-refractivity contribution in [3.05, 3.63) is 22.3 Å². The van der Waals surface area contributed by atoms with Crippen molar-refractivity contribution in [1.29, 1.82) is 0 Å². The van der Waals surface area contributed by atoms with Gasteiger partial charge in [-0.25, -0.2) is 4.57 Å². The normalized spacial score (nSPS) is 18.6. The van der Waals surface area contributed by atoms with Crippen LogP contribution in [0.3, 0.4) is 0 Å². The molecule has 1 aliphatic rings. The van der Waals surface area contributed by atoms with Crippen LogP contribution >= 0.6 is 7.82 Å². The number of rotatable bonds is 15. The first kappa shape index (κ1) is 35.9. The zero-order valence-electron chi connectivity index (χ0n) is 26.0. The molecular weight excluding hydrogens is 513 g/mol. The standard InChI is InChI=1S/C29H51O5P.C2H7NO/c1-20(2)12-9-13-21(3)14-10-15-22(4)16-11-18-29(8)19-17-26-25(7)27(34-35(30,31)32)23(5)24(6)28(26)33-29;3-1-2-4/h20-22H,9-19H2,1-8H3,(H2,30,31,32);4H,1-3H2. The third kappa shape index (κ3) is 12.9. The highest BCUT2D eigenvalue weighted by atomic mass is 31.2. The minimum absolute atomic E-state index is 0.0972. The summed E-state index contributed by atoms with van der Waals surface area (Å²) in [7, 11) is -4.61. The van der Waals surface area contributed by atoms with E-state index in [1.54, 1.807) is 0 Å². The maximum Gasteiger partial charge on any atom is 0.524 e. The van der Waals surface area contributed by atoms with E-state index >= 15 is 0 Å². The van der Waals surface area contributed by atoms with Gasteiger partial charge in [0.05, 0.1) is 6.61 Å². The number of hydrogen-bond donors (Lipinski definition) is 4. The summed E-state index contributed by atoms with van der Waals surface area (Å²) in [5.41, 5.74) is 8.02. The minimum Gasteiger partial charge on any atom is -0.487 e. The molecule has 0 amide bonds. The largest absolute Gasteiger partial charge is 0.524 e. The first-order valence-corrected chi connectivity index (χ1v) is 16.5. The second-order valence-corrected chi connectivity index (χ2v) is 13.7. The van der Waals surface area contributed by atoms with Crippen molar-refractivity contribution in [1.82, 2.24) is 0 Å². The molecule has 0 fully saturated rings. The molecule has 5 N–H and O–H groups in total. The molecule has 0 saturated heterocycles. The van der Waals surface area contributed by atoms with Crippen molar-refractivity contribution < 1.29 is 28.7 Å². The van der Waals surface area contributed by atoms with Crippen LogP contribution in [-0.2, 0) is 11.0 Å². The molecule has 0 aliphatic carbocycles. The third-order valence-corrected chi connectivity index (χ3v) is 8.60. The first-order chi connectivity index (χ1) is 18.1. The zero-order chi connectivity index (χ0) is 29.8. The number of ether oxygens (including phenoxy) is 1. The lowest BCUT2D eigenvalue weighted by Gasteiger charge is -2.38. The van der Waals surface area contributed by atoms with Gasteiger partial charge in [0.25, 0.3) is 0 Å². The molecule has 1 heterocycles. The van der Waals surface area contributed by atoms with Gasteiger partial charge in [0.15, 0.2) is 0 Å². The van der Waals surface area contributed by atoms with Crippen molar-refractivity contribution in [2.75, 3.05) is 13.2 Å². The number of nitrogens with two attached hydrogens (primary N) is 1. The smallest absolute Gasteiger partial charge is 0.487 e. The second-order valence-electron chi connectivity index (χ2n) is 12.5. The van der Waals surface area contributed by atoms with Gasteiger partial charge in [-0.15, -0.1) is 0 Å². The SMILES string of the molecule is Cc1c(C)c2c(c(C)c1OP(=O)(O)O)CCC(C)(CCCC(C)CCCC(C)CCCC(C)C)O2.NCCO. The number of aliphatic hydroxyl groups is 1. The molecule has 1 aromatic carbocycles. The fourth-order valence-corrected chi connectivity index (χ4v) is 6.03. The van der Waals surface area contributed by atoms with E-state index in [0.29, 0.717) is 12.3 Å². The number of phosphoric ester groups is 1. The predicted octanol–water partition coefficient (Wildman–Crippen LogP) is 7.54. The van der Waals surface area contributed by atoms with Crippen LogP contribution in [0.15, 0.2) is 0 Å². The molecular formula is C31H58NO6P. The summed E-state index contributed by atoms with van der Waals surface area (Å²) in [5.74, 6) is 3.59. The molecule has 7 nitrogen and oxygen atoms in total. The van der Waals surface area contributed by atoms with Crippen LogP contribution in [0.1, 0.15) is 121 Å². The van der Waals surface area contributed by atoms with Gasteiger partial charge < -0.3 is 20.1 Å². The van der Waals surface area contributed by atoms with Gasteiger partial charge in [0.2, 0.25) is 0 Å². The zero-order valence-corrected chi connectivity index (χ0v) is 26.9. The Bertz CT molecular complexity index is 913. The second kappa shape index (κ2) is 17.0. The molecule has 8 heteroatoms. The van der Waals surface area contributed by atoms with E-state index in [0.717, 1.165) is 71.4 Å². The van der Waals surface area contributed by atoms with E-state index in [4.69, 9.17) is 20.1 Å². The molecule has 0 spiro atoms. The Labute approximate surface area is 238 Å². The van der Waals surface area contributed by atoms with Gasteiger partial charge in [-0.3, -0.25) is 9.79 Å². The summed E-state index contributed by atoms with van der Waals surface area (Å²) < 4.78 is 23.1. The van der Waals surface area contributed by atoms with Crippen molar-refractivity contribution >= 4 is 7.82 Å². The average Bonchev–Trinajstić information content (AvgIpc) is 2.84. The van der Waals surface area contributed by atoms with Crippen LogP contribution in [-0.4, -0.2) is 33.6 Å². The van der Waals surface area contributed by atoms with E-state index in [1.807, 2.05) is 20.8 Å². The van der Waals surface area contributed by atoms with E-state index < -0.39 is 7.82 Å². The highest BCUT2D eigenvalue weighted by molar-refractivity contribution is 7.46.